The van der Waals surface area contributed by atoms with Gasteiger partial charge in [0, 0.05) is 22.2 Å². The Morgan fingerprint density at radius 3 is 1.64 bits per heavy atom. The first-order valence-electron chi connectivity index (χ1n) is 10.8. The number of nitro groups is 2. The number of rotatable bonds is 4. The topological polar surface area (TPSA) is 124 Å². The molecule has 10 nitrogen and oxygen atoms in total. The Hall–Kier alpha value is -5.51. The third-order valence-electron chi connectivity index (χ3n) is 4.64. The number of hydrogen-bond donors (Lipinski definition) is 1. The molecule has 0 aliphatic rings. The summed E-state index contributed by atoms with van der Waals surface area (Å²) in [5.74, 6) is -8.79. The molecule has 0 aliphatic heterocycles. The highest BCUT2D eigenvalue weighted by Crippen LogP contribution is 2.37. The van der Waals surface area contributed by atoms with Gasteiger partial charge in [0.2, 0.25) is 23.2 Å². The number of ether oxygens (including phenoxy) is 1. The van der Waals surface area contributed by atoms with E-state index in [9.17, 15) is 42.2 Å². The first-order valence-corrected chi connectivity index (χ1v) is 11.6. The molecule has 1 N–H and O–H groups in total. The van der Waals surface area contributed by atoms with Gasteiger partial charge in [-0.1, -0.05) is 38.1 Å². The lowest BCUT2D eigenvalue weighted by atomic mass is 10.2. The molecule has 0 radical (unpaired) electrons. The predicted molar refractivity (Wildman–Crippen MR) is 157 cm³/mol. The van der Waals surface area contributed by atoms with Crippen LogP contribution in [0, 0.1) is 62.5 Å². The predicted octanol–water partition coefficient (Wildman–Crippen LogP) is 10.8. The van der Waals surface area contributed by atoms with Gasteiger partial charge in [-0.15, -0.1) is 0 Å². The van der Waals surface area contributed by atoms with E-state index in [-0.39, 0.29) is 37.1 Å². The quantitative estimate of drug-likeness (QED) is 0.0756. The van der Waals surface area contributed by atoms with Gasteiger partial charge in [0.15, 0.2) is 23.0 Å². The van der Waals surface area contributed by atoms with E-state index in [2.05, 4.69) is 9.69 Å². The van der Waals surface area contributed by atoms with Crippen LogP contribution in [0.4, 0.5) is 44.7 Å². The van der Waals surface area contributed by atoms with E-state index in [0.29, 0.717) is 28.9 Å². The fourth-order valence-electron chi connectivity index (χ4n) is 2.83. The highest BCUT2D eigenvalue weighted by Gasteiger charge is 2.24. The normalized spacial score (nSPS) is 9.27. The van der Waals surface area contributed by atoms with Crippen molar-refractivity contribution in [2.45, 2.75) is 14.9 Å². The maximum absolute atomic E-state index is 13.7. The minimum Gasteiger partial charge on any atom is -0.509 e. The second-order valence-corrected chi connectivity index (χ2v) is 8.43. The van der Waals surface area contributed by atoms with Crippen molar-refractivity contribution in [3.63, 3.8) is 0 Å². The van der Waals surface area contributed by atoms with Gasteiger partial charge in [0.25, 0.3) is 0 Å². The van der Waals surface area contributed by atoms with E-state index in [1.54, 1.807) is 0 Å². The molecule has 0 atom stereocenters. The van der Waals surface area contributed by atoms with Gasteiger partial charge in [0.1, 0.15) is 11.5 Å². The zero-order chi connectivity index (χ0) is 32.4. The summed E-state index contributed by atoms with van der Waals surface area (Å²) in [5.41, 5.74) is -1.37. The van der Waals surface area contributed by atoms with E-state index < -0.39 is 56.1 Å². The first-order chi connectivity index (χ1) is 20.2. The maximum atomic E-state index is 13.7. The number of phenols is 1. The molecular weight excluding hydrogens is 654 g/mol. The van der Waals surface area contributed by atoms with Crippen molar-refractivity contribution in [1.82, 2.24) is 0 Å². The van der Waals surface area contributed by atoms with Crippen LogP contribution in [0.25, 0.3) is 9.69 Å². The molecule has 0 bridgehead atoms. The number of aromatic hydroxyl groups is 1. The van der Waals surface area contributed by atoms with Gasteiger partial charge >= 0.3 is 11.4 Å². The summed E-state index contributed by atoms with van der Waals surface area (Å²) in [7, 11) is 0. The lowest BCUT2D eigenvalue weighted by Crippen LogP contribution is -1.98. The smallest absolute Gasteiger partial charge is 0.314 e. The van der Waals surface area contributed by atoms with Crippen molar-refractivity contribution in [2.24, 2.45) is 0 Å². The number of phenolic OH excluding ortho intramolecular Hbond substituents is 1. The first kappa shape index (κ1) is 39.5. The lowest BCUT2D eigenvalue weighted by molar-refractivity contribution is -0.387. The fourth-order valence-corrected chi connectivity index (χ4v) is 3.28. The van der Waals surface area contributed by atoms with E-state index in [1.165, 1.54) is 36.4 Å². The molecule has 0 spiro atoms. The number of benzene rings is 4. The summed E-state index contributed by atoms with van der Waals surface area (Å²) >= 11 is 11.3. The zero-order valence-corrected chi connectivity index (χ0v) is 22.2. The fraction of sp³-hybridized carbons (Fsp3) is 0.0714. The van der Waals surface area contributed by atoms with Crippen molar-refractivity contribution in [1.29, 1.82) is 0 Å². The third-order valence-corrected chi connectivity index (χ3v) is 5.08. The van der Waals surface area contributed by atoms with Crippen molar-refractivity contribution in [2.75, 3.05) is 0 Å². The number of hydrogen-bond acceptors (Lipinski definition) is 6. The van der Waals surface area contributed by atoms with E-state index in [4.69, 9.17) is 46.2 Å². The molecule has 45 heavy (non-hydrogen) atoms. The molecule has 0 amide bonds. The summed E-state index contributed by atoms with van der Waals surface area (Å²) < 4.78 is 68.9. The molecule has 0 aromatic heterocycles. The molecule has 236 valence electrons. The van der Waals surface area contributed by atoms with Gasteiger partial charge in [-0.2, -0.15) is 8.78 Å². The van der Waals surface area contributed by atoms with Crippen LogP contribution >= 0.6 is 23.2 Å². The monoisotopic (exact) mass is 672 g/mol. The molecular formula is C28H19Cl2F5N4O6. The van der Waals surface area contributed by atoms with E-state index in [0.717, 1.165) is 6.07 Å². The molecule has 0 fully saturated rings. The van der Waals surface area contributed by atoms with Gasteiger partial charge < -0.3 is 9.84 Å². The van der Waals surface area contributed by atoms with Gasteiger partial charge in [-0.25, -0.2) is 22.9 Å². The molecule has 4 aromatic carbocycles. The zero-order valence-electron chi connectivity index (χ0n) is 20.7. The maximum Gasteiger partial charge on any atom is 0.314 e. The van der Waals surface area contributed by atoms with Crippen LogP contribution < -0.4 is 4.74 Å². The minimum atomic E-state index is -1.83. The SMILES string of the molecule is C.C.O=[N+]([O-])c1ccc(F)c(F)c1F.[C-]#[N+]c1cc(Cl)cc(Oc2c([N+](=O)[O-])ccc(F)c2F)c1.[C-]#[N+]c1cc(O)cc(Cl)c1. The van der Waals surface area contributed by atoms with Gasteiger partial charge in [-0.3, -0.25) is 20.2 Å². The second kappa shape index (κ2) is 17.6. The van der Waals surface area contributed by atoms with Crippen LogP contribution in [-0.4, -0.2) is 15.0 Å². The Morgan fingerprint density at radius 1 is 0.689 bits per heavy atom. The number of halogens is 7. The molecule has 17 heteroatoms. The van der Waals surface area contributed by atoms with Crippen molar-refractivity contribution < 1.29 is 41.6 Å². The Bertz CT molecular complexity index is 1780. The van der Waals surface area contributed by atoms with Crippen molar-refractivity contribution in [3.05, 3.63) is 143 Å². The van der Waals surface area contributed by atoms with Crippen molar-refractivity contribution in [3.8, 4) is 17.2 Å². The summed E-state index contributed by atoms with van der Waals surface area (Å²) in [5, 5.41) is 30.2. The molecule has 4 aromatic rings. The van der Waals surface area contributed by atoms with Gasteiger partial charge in [-0.05, 0) is 48.5 Å². The molecule has 0 heterocycles. The van der Waals surface area contributed by atoms with Crippen molar-refractivity contribution >= 4 is 46.0 Å². The highest BCUT2D eigenvalue weighted by atomic mass is 35.5. The Kier molecular flexibility index (Phi) is 15.4. The number of nitro benzene ring substituents is 2. The lowest BCUT2D eigenvalue weighted by Gasteiger charge is -2.08. The van der Waals surface area contributed by atoms with Crippen LogP contribution in [0.5, 0.6) is 17.2 Å². The third kappa shape index (κ3) is 10.9. The summed E-state index contributed by atoms with van der Waals surface area (Å²) in [6.07, 6.45) is 0. The van der Waals surface area contributed by atoms with Crippen LogP contribution in [0.2, 0.25) is 10.0 Å². The van der Waals surface area contributed by atoms with E-state index >= 15 is 0 Å². The van der Waals surface area contributed by atoms with Crippen LogP contribution in [-0.2, 0) is 0 Å². The van der Waals surface area contributed by atoms with Crippen LogP contribution in [0.1, 0.15) is 14.9 Å². The standard InChI is InChI=1S/C13H5ClF2N2O3.C7H4ClNO.C6H2F3NO2.2CH4/c1-17-8-4-7(14)5-9(6-8)21-13-11(18(19)20)3-2-10(15)12(13)16;1-9-6-2-5(8)3-7(10)4-6;7-3-1-2-4(10(11)12)6(9)5(3)8;;/h2-6H;2-4,10H;1-2H;2*1H4. The Labute approximate surface area is 262 Å². The van der Waals surface area contributed by atoms with Crippen LogP contribution in [0.3, 0.4) is 0 Å². The Morgan fingerprint density at radius 2 is 1.16 bits per heavy atom. The average Bonchev–Trinajstić information content (AvgIpc) is 2.93. The average molecular weight is 673 g/mol. The van der Waals surface area contributed by atoms with Crippen LogP contribution in [0.15, 0.2) is 60.7 Å². The molecule has 0 saturated carbocycles. The summed E-state index contributed by atoms with van der Waals surface area (Å²) in [6, 6.07) is 10.5. The molecule has 0 saturated heterocycles. The minimum absolute atomic E-state index is 0. The highest BCUT2D eigenvalue weighted by molar-refractivity contribution is 6.31. The molecule has 0 aliphatic carbocycles. The van der Waals surface area contributed by atoms with Gasteiger partial charge in [0.05, 0.1) is 23.0 Å². The summed E-state index contributed by atoms with van der Waals surface area (Å²) in [4.78, 5) is 25.0. The molecule has 0 unspecified atom stereocenters. The van der Waals surface area contributed by atoms with E-state index in [1.807, 2.05) is 0 Å². The Balaban J connectivity index is 0.000000689. The molecule has 4 rings (SSSR count). The number of nitrogens with zero attached hydrogens (tertiary/aromatic N) is 4. The second-order valence-electron chi connectivity index (χ2n) is 7.56. The summed E-state index contributed by atoms with van der Waals surface area (Å²) in [6.45, 7) is 13.5. The largest absolute Gasteiger partial charge is 0.509 e.